The molecule has 160 valence electrons. The summed E-state index contributed by atoms with van der Waals surface area (Å²) in [5.41, 5.74) is 3.46. The Morgan fingerprint density at radius 3 is 2.58 bits per heavy atom. The summed E-state index contributed by atoms with van der Waals surface area (Å²) in [4.78, 5) is 26.6. The number of aromatic nitrogens is 2. The molecule has 0 spiro atoms. The number of fused-ring (bicyclic) bond motifs is 2. The molecule has 1 saturated heterocycles. The SMILES string of the molecule is NCC1CCN(c2c(F)cc3c(=O)c4c(=O)[nH]oc4n(-c4ccc(F)cc4)c3c2F)C1. The number of pyridine rings is 1. The van der Waals surface area contributed by atoms with Gasteiger partial charge in [0, 0.05) is 18.8 Å². The highest BCUT2D eigenvalue weighted by Crippen LogP contribution is 2.35. The van der Waals surface area contributed by atoms with Crippen LogP contribution in [0.1, 0.15) is 6.42 Å². The standard InChI is InChI=1S/C21H17F3N4O3/c22-11-1-3-12(4-2-11)28-17-13(19(29)15-20(30)26-31-21(15)28)7-14(23)18(16(17)24)27-6-5-10(8-25)9-27/h1-4,7,10H,5-6,8-9,25H2,(H,26,30). The summed E-state index contributed by atoms with van der Waals surface area (Å²) in [5, 5.41) is 1.36. The Labute approximate surface area is 172 Å². The number of nitrogens with two attached hydrogens (primary N) is 1. The summed E-state index contributed by atoms with van der Waals surface area (Å²) >= 11 is 0. The monoisotopic (exact) mass is 430 g/mol. The molecular weight excluding hydrogens is 413 g/mol. The number of anilines is 1. The van der Waals surface area contributed by atoms with Crippen LogP contribution in [0.3, 0.4) is 0 Å². The lowest BCUT2D eigenvalue weighted by molar-refractivity contribution is 0.437. The first-order valence-corrected chi connectivity index (χ1v) is 9.69. The van der Waals surface area contributed by atoms with Crippen molar-refractivity contribution in [2.24, 2.45) is 11.7 Å². The maximum absolute atomic E-state index is 15.9. The number of hydrogen-bond acceptors (Lipinski definition) is 5. The van der Waals surface area contributed by atoms with Crippen LogP contribution in [0.15, 0.2) is 44.4 Å². The summed E-state index contributed by atoms with van der Waals surface area (Å²) in [6.07, 6.45) is 0.684. The number of aromatic amines is 1. The molecule has 2 aromatic carbocycles. The minimum Gasteiger partial charge on any atom is -0.366 e. The number of benzene rings is 2. The Bertz CT molecular complexity index is 1440. The largest absolute Gasteiger partial charge is 0.366 e. The number of halogens is 3. The van der Waals surface area contributed by atoms with Crippen molar-refractivity contribution in [1.82, 2.24) is 9.72 Å². The molecule has 31 heavy (non-hydrogen) atoms. The Kier molecular flexibility index (Phi) is 4.40. The van der Waals surface area contributed by atoms with Gasteiger partial charge in [-0.2, -0.15) is 5.16 Å². The fourth-order valence-corrected chi connectivity index (χ4v) is 4.23. The second-order valence-corrected chi connectivity index (χ2v) is 7.61. The molecule has 0 amide bonds. The Morgan fingerprint density at radius 2 is 1.90 bits per heavy atom. The molecule has 3 heterocycles. The predicted octanol–water partition coefficient (Wildman–Crippen LogP) is 2.63. The van der Waals surface area contributed by atoms with E-state index in [4.69, 9.17) is 10.3 Å². The van der Waals surface area contributed by atoms with E-state index in [1.807, 2.05) is 0 Å². The molecule has 4 aromatic rings. The quantitative estimate of drug-likeness (QED) is 0.521. The fourth-order valence-electron chi connectivity index (χ4n) is 4.23. The first-order valence-electron chi connectivity index (χ1n) is 9.69. The Hall–Kier alpha value is -3.53. The second-order valence-electron chi connectivity index (χ2n) is 7.61. The summed E-state index contributed by atoms with van der Waals surface area (Å²) in [6, 6.07) is 5.90. The minimum atomic E-state index is -0.972. The topological polar surface area (TPSA) is 97.3 Å². The highest BCUT2D eigenvalue weighted by Gasteiger charge is 2.30. The van der Waals surface area contributed by atoms with Crippen molar-refractivity contribution in [3.63, 3.8) is 0 Å². The van der Waals surface area contributed by atoms with E-state index in [0.29, 0.717) is 26.1 Å². The van der Waals surface area contributed by atoms with E-state index < -0.39 is 28.4 Å². The van der Waals surface area contributed by atoms with Gasteiger partial charge in [-0.1, -0.05) is 0 Å². The van der Waals surface area contributed by atoms with Gasteiger partial charge in [0.1, 0.15) is 17.3 Å². The molecule has 0 bridgehead atoms. The smallest absolute Gasteiger partial charge is 0.293 e. The first kappa shape index (κ1) is 19.4. The molecular formula is C21H17F3N4O3. The van der Waals surface area contributed by atoms with Gasteiger partial charge >= 0.3 is 0 Å². The van der Waals surface area contributed by atoms with Crippen molar-refractivity contribution in [3.05, 3.63) is 68.4 Å². The molecule has 7 nitrogen and oxygen atoms in total. The van der Waals surface area contributed by atoms with E-state index in [9.17, 15) is 14.0 Å². The van der Waals surface area contributed by atoms with Crippen LogP contribution in [0.25, 0.3) is 27.7 Å². The van der Waals surface area contributed by atoms with Gasteiger partial charge in [0.2, 0.25) is 11.1 Å². The van der Waals surface area contributed by atoms with Gasteiger partial charge in [-0.15, -0.1) is 0 Å². The highest BCUT2D eigenvalue weighted by molar-refractivity contribution is 5.95. The number of nitrogens with zero attached hydrogens (tertiary/aromatic N) is 2. The summed E-state index contributed by atoms with van der Waals surface area (Å²) in [7, 11) is 0. The van der Waals surface area contributed by atoms with Gasteiger partial charge in [0.15, 0.2) is 11.2 Å². The number of nitrogens with one attached hydrogen (secondary N) is 1. The van der Waals surface area contributed by atoms with Crippen LogP contribution in [-0.2, 0) is 0 Å². The second kappa shape index (κ2) is 7.02. The van der Waals surface area contributed by atoms with Crippen LogP contribution in [-0.4, -0.2) is 29.4 Å². The molecule has 3 N–H and O–H groups in total. The first-order chi connectivity index (χ1) is 14.9. The van der Waals surface area contributed by atoms with Gasteiger partial charge in [-0.25, -0.2) is 13.2 Å². The van der Waals surface area contributed by atoms with Crippen LogP contribution < -0.4 is 21.6 Å². The maximum Gasteiger partial charge on any atom is 0.293 e. The third-order valence-electron chi connectivity index (χ3n) is 5.77. The lowest BCUT2D eigenvalue weighted by atomic mass is 10.1. The van der Waals surface area contributed by atoms with Crippen molar-refractivity contribution in [1.29, 1.82) is 0 Å². The molecule has 1 aliphatic heterocycles. The van der Waals surface area contributed by atoms with Gasteiger partial charge in [-0.3, -0.25) is 14.2 Å². The van der Waals surface area contributed by atoms with E-state index in [1.54, 1.807) is 4.90 Å². The average molecular weight is 430 g/mol. The van der Waals surface area contributed by atoms with Gasteiger partial charge < -0.3 is 15.2 Å². The molecule has 5 rings (SSSR count). The summed E-state index contributed by atoms with van der Waals surface area (Å²) in [5.74, 6) is -2.32. The zero-order valence-corrected chi connectivity index (χ0v) is 16.1. The van der Waals surface area contributed by atoms with E-state index in [0.717, 1.165) is 18.2 Å². The number of H-pyrrole nitrogens is 1. The predicted molar refractivity (Wildman–Crippen MR) is 109 cm³/mol. The molecule has 0 saturated carbocycles. The number of hydrogen-bond donors (Lipinski definition) is 2. The van der Waals surface area contributed by atoms with Crippen molar-refractivity contribution in [2.45, 2.75) is 6.42 Å². The van der Waals surface area contributed by atoms with Crippen LogP contribution in [0.2, 0.25) is 0 Å². The third-order valence-corrected chi connectivity index (χ3v) is 5.77. The summed E-state index contributed by atoms with van der Waals surface area (Å²) < 4.78 is 50.8. The molecule has 0 radical (unpaired) electrons. The van der Waals surface area contributed by atoms with Gasteiger partial charge in [0.25, 0.3) is 5.56 Å². The molecule has 1 unspecified atom stereocenters. The van der Waals surface area contributed by atoms with E-state index in [2.05, 4.69) is 5.16 Å². The molecule has 10 heteroatoms. The van der Waals surface area contributed by atoms with Crippen LogP contribution in [0.5, 0.6) is 0 Å². The van der Waals surface area contributed by atoms with E-state index in [1.165, 1.54) is 16.7 Å². The maximum atomic E-state index is 15.9. The lowest BCUT2D eigenvalue weighted by Gasteiger charge is -2.22. The number of rotatable bonds is 3. The molecule has 2 aromatic heterocycles. The van der Waals surface area contributed by atoms with Crippen LogP contribution in [0.4, 0.5) is 18.9 Å². The van der Waals surface area contributed by atoms with Crippen LogP contribution >= 0.6 is 0 Å². The zero-order chi connectivity index (χ0) is 21.9. The fraction of sp³-hybridized carbons (Fsp3) is 0.238. The van der Waals surface area contributed by atoms with Crippen LogP contribution in [0, 0.1) is 23.4 Å². The van der Waals surface area contributed by atoms with E-state index in [-0.39, 0.29) is 39.3 Å². The molecule has 0 aliphatic carbocycles. The van der Waals surface area contributed by atoms with E-state index >= 15 is 8.78 Å². The Morgan fingerprint density at radius 1 is 1.16 bits per heavy atom. The van der Waals surface area contributed by atoms with Crippen molar-refractivity contribution >= 4 is 27.7 Å². The van der Waals surface area contributed by atoms with Crippen molar-refractivity contribution in [2.75, 3.05) is 24.5 Å². The highest BCUT2D eigenvalue weighted by atomic mass is 19.1. The lowest BCUT2D eigenvalue weighted by Crippen LogP contribution is -2.25. The van der Waals surface area contributed by atoms with Gasteiger partial charge in [0.05, 0.1) is 10.9 Å². The molecule has 1 atom stereocenters. The average Bonchev–Trinajstić information content (AvgIpc) is 3.37. The van der Waals surface area contributed by atoms with Crippen molar-refractivity contribution in [3.8, 4) is 5.69 Å². The van der Waals surface area contributed by atoms with Crippen molar-refractivity contribution < 1.29 is 17.7 Å². The molecule has 1 aliphatic rings. The third kappa shape index (κ3) is 2.86. The normalized spacial score (nSPS) is 16.6. The van der Waals surface area contributed by atoms with Gasteiger partial charge in [-0.05, 0) is 49.2 Å². The minimum absolute atomic E-state index is 0.0963. The summed E-state index contributed by atoms with van der Waals surface area (Å²) in [6.45, 7) is 1.17. The Balaban J connectivity index is 1.91. The molecule has 1 fully saturated rings. The zero-order valence-electron chi connectivity index (χ0n) is 16.1.